The molecule has 0 aliphatic heterocycles. The van der Waals surface area contributed by atoms with Crippen LogP contribution in [0.1, 0.15) is 10.5 Å². The summed E-state index contributed by atoms with van der Waals surface area (Å²) in [5, 5.41) is 0. The number of aromatic nitrogens is 1. The number of nitrogens with one attached hydrogen (secondary N) is 2. The number of halogens is 1. The quantitative estimate of drug-likeness (QED) is 0.552. The van der Waals surface area contributed by atoms with Gasteiger partial charge in [-0.05, 0) is 42.0 Å². The Labute approximate surface area is 167 Å². The van der Waals surface area contributed by atoms with Crippen molar-refractivity contribution in [2.24, 2.45) is 0 Å². The van der Waals surface area contributed by atoms with Crippen molar-refractivity contribution in [3.8, 4) is 11.3 Å². The number of hydrogen-bond acceptors (Lipinski definition) is 5. The first-order valence-electron chi connectivity index (χ1n) is 8.44. The van der Waals surface area contributed by atoms with Crippen LogP contribution in [0.4, 0.5) is 4.39 Å². The van der Waals surface area contributed by atoms with Crippen LogP contribution in [-0.2, 0) is 19.9 Å². The van der Waals surface area contributed by atoms with Gasteiger partial charge >= 0.3 is 0 Å². The van der Waals surface area contributed by atoms with E-state index in [0.29, 0.717) is 5.69 Å². The fourth-order valence-corrected chi connectivity index (χ4v) is 5.58. The summed E-state index contributed by atoms with van der Waals surface area (Å²) in [7, 11) is -8.15. The number of amides is 1. The number of hydrogen-bond donors (Lipinski definition) is 2. The lowest BCUT2D eigenvalue weighted by Gasteiger charge is -2.07. The van der Waals surface area contributed by atoms with Crippen LogP contribution in [0, 0.1) is 5.82 Å². The summed E-state index contributed by atoms with van der Waals surface area (Å²) < 4.78 is 63.5. The molecule has 3 rings (SSSR count). The van der Waals surface area contributed by atoms with Gasteiger partial charge in [0, 0.05) is 5.69 Å². The van der Waals surface area contributed by atoms with Crippen molar-refractivity contribution >= 4 is 25.8 Å². The number of carbonyl (C=O) groups is 1. The Bertz CT molecular complexity index is 1220. The zero-order valence-electron chi connectivity index (χ0n) is 15.0. The van der Waals surface area contributed by atoms with Crippen LogP contribution >= 0.6 is 0 Å². The molecule has 0 bridgehead atoms. The van der Waals surface area contributed by atoms with Crippen molar-refractivity contribution in [3.05, 3.63) is 78.2 Å². The van der Waals surface area contributed by atoms with Crippen molar-refractivity contribution in [1.82, 2.24) is 9.71 Å². The molecule has 29 heavy (non-hydrogen) atoms. The highest BCUT2D eigenvalue weighted by atomic mass is 32.2. The summed E-state index contributed by atoms with van der Waals surface area (Å²) >= 11 is 0. The summed E-state index contributed by atoms with van der Waals surface area (Å²) in [5.41, 5.74) is 1.47. The van der Waals surface area contributed by atoms with Crippen molar-refractivity contribution in [1.29, 1.82) is 0 Å². The largest absolute Gasteiger partial charge is 0.351 e. The minimum Gasteiger partial charge on any atom is -0.351 e. The highest BCUT2D eigenvalue weighted by Gasteiger charge is 2.22. The third kappa shape index (κ3) is 5.30. The van der Waals surface area contributed by atoms with Crippen LogP contribution in [0.3, 0.4) is 0 Å². The number of sulfone groups is 1. The molecule has 2 N–H and O–H groups in total. The molecule has 1 aromatic heterocycles. The second-order valence-corrected chi connectivity index (χ2v) is 10.1. The molecule has 152 valence electrons. The van der Waals surface area contributed by atoms with E-state index >= 15 is 0 Å². The van der Waals surface area contributed by atoms with Gasteiger partial charge in [0.2, 0.25) is 10.0 Å². The second-order valence-electron chi connectivity index (χ2n) is 6.17. The average Bonchev–Trinajstić information content (AvgIpc) is 3.18. The van der Waals surface area contributed by atoms with E-state index in [-0.39, 0.29) is 10.6 Å². The molecule has 10 heteroatoms. The molecule has 1 heterocycles. The lowest BCUT2D eigenvalue weighted by Crippen LogP contribution is -2.34. The van der Waals surface area contributed by atoms with E-state index in [9.17, 15) is 26.0 Å². The van der Waals surface area contributed by atoms with Crippen molar-refractivity contribution < 1.29 is 26.0 Å². The molecule has 7 nitrogen and oxygen atoms in total. The zero-order chi connectivity index (χ0) is 21.1. The predicted molar refractivity (Wildman–Crippen MR) is 106 cm³/mol. The van der Waals surface area contributed by atoms with Crippen LogP contribution in [-0.4, -0.2) is 39.2 Å². The lowest BCUT2D eigenvalue weighted by atomic mass is 10.2. The van der Waals surface area contributed by atoms with E-state index in [0.717, 1.165) is 29.8 Å². The summed E-state index contributed by atoms with van der Waals surface area (Å²) in [6.45, 7) is 0. The van der Waals surface area contributed by atoms with Crippen LogP contribution in [0.2, 0.25) is 0 Å². The first-order chi connectivity index (χ1) is 13.7. The molecule has 0 saturated heterocycles. The zero-order valence-corrected chi connectivity index (χ0v) is 16.6. The highest BCUT2D eigenvalue weighted by molar-refractivity contribution is 7.94. The van der Waals surface area contributed by atoms with Gasteiger partial charge in [-0.1, -0.05) is 30.3 Å². The van der Waals surface area contributed by atoms with Crippen LogP contribution < -0.4 is 4.72 Å². The van der Waals surface area contributed by atoms with Gasteiger partial charge in [-0.3, -0.25) is 4.79 Å². The number of carbonyl (C=O) groups excluding carboxylic acids is 1. The smallest absolute Gasteiger partial charge is 0.281 e. The van der Waals surface area contributed by atoms with Gasteiger partial charge in [0.25, 0.3) is 5.91 Å². The average molecular weight is 436 g/mol. The number of rotatable bonds is 7. The minimum absolute atomic E-state index is 0.0221. The molecule has 2 aromatic carbocycles. The Morgan fingerprint density at radius 1 is 0.862 bits per heavy atom. The third-order valence-corrected chi connectivity index (χ3v) is 7.29. The van der Waals surface area contributed by atoms with Crippen molar-refractivity contribution in [2.45, 2.75) is 4.90 Å². The number of H-pyrrole nitrogens is 1. The summed E-state index contributed by atoms with van der Waals surface area (Å²) in [4.78, 5) is 14.9. The maximum Gasteiger partial charge on any atom is 0.281 e. The molecular formula is C19H17FN2O5S2. The third-order valence-electron chi connectivity index (χ3n) is 4.06. The summed E-state index contributed by atoms with van der Waals surface area (Å²) in [6, 6.07) is 16.3. The first-order valence-corrected chi connectivity index (χ1v) is 11.7. The molecule has 0 atom stereocenters. The van der Waals surface area contributed by atoms with E-state index < -0.39 is 43.1 Å². The second kappa shape index (κ2) is 8.18. The van der Waals surface area contributed by atoms with E-state index in [1.54, 1.807) is 6.07 Å². The van der Waals surface area contributed by atoms with Crippen LogP contribution in [0.15, 0.2) is 71.6 Å². The lowest BCUT2D eigenvalue weighted by molar-refractivity contribution is 0.0977. The Kier molecular flexibility index (Phi) is 5.85. The molecule has 1 amide bonds. The van der Waals surface area contributed by atoms with Crippen LogP contribution in [0.25, 0.3) is 11.3 Å². The van der Waals surface area contributed by atoms with Crippen molar-refractivity contribution in [2.75, 3.05) is 11.5 Å². The Morgan fingerprint density at radius 3 is 2.17 bits per heavy atom. The molecule has 0 fully saturated rings. The van der Waals surface area contributed by atoms with Gasteiger partial charge < -0.3 is 4.98 Å². The van der Waals surface area contributed by atoms with Gasteiger partial charge in [-0.25, -0.2) is 25.9 Å². The number of benzene rings is 2. The number of aromatic amines is 1. The fourth-order valence-electron chi connectivity index (χ4n) is 2.54. The predicted octanol–water partition coefficient (Wildman–Crippen LogP) is 2.35. The highest BCUT2D eigenvalue weighted by Crippen LogP contribution is 2.18. The SMILES string of the molecule is O=C(NS(=O)(=O)CCS(=O)(=O)c1ccc(F)cc1)c1ccc(-c2ccccc2)[nH]1. The van der Waals surface area contributed by atoms with E-state index in [1.165, 1.54) is 6.07 Å². The van der Waals surface area contributed by atoms with Gasteiger partial charge in [-0.15, -0.1) is 0 Å². The molecule has 0 aliphatic carbocycles. The van der Waals surface area contributed by atoms with E-state index in [4.69, 9.17) is 0 Å². The molecule has 0 saturated carbocycles. The summed E-state index contributed by atoms with van der Waals surface area (Å²) in [5.74, 6) is -3.07. The maximum atomic E-state index is 12.9. The Hall–Kier alpha value is -2.98. The van der Waals surface area contributed by atoms with Crippen LogP contribution in [0.5, 0.6) is 0 Å². The van der Waals surface area contributed by atoms with Gasteiger partial charge in [0.05, 0.1) is 16.4 Å². The Balaban J connectivity index is 1.65. The number of sulfonamides is 1. The maximum absolute atomic E-state index is 12.9. The summed E-state index contributed by atoms with van der Waals surface area (Å²) in [6.07, 6.45) is 0. The molecular weight excluding hydrogens is 419 g/mol. The van der Waals surface area contributed by atoms with Gasteiger partial charge in [0.15, 0.2) is 9.84 Å². The van der Waals surface area contributed by atoms with E-state index in [2.05, 4.69) is 4.98 Å². The van der Waals surface area contributed by atoms with Gasteiger partial charge in [-0.2, -0.15) is 0 Å². The normalized spacial score (nSPS) is 11.9. The molecule has 0 aliphatic rings. The fraction of sp³-hybridized carbons (Fsp3) is 0.105. The molecule has 0 spiro atoms. The van der Waals surface area contributed by atoms with E-state index in [1.807, 2.05) is 35.1 Å². The standard InChI is InChI=1S/C19H17FN2O5S2/c20-15-6-8-16(9-7-15)28(24,25)12-13-29(26,27)22-19(23)18-11-10-17(21-18)14-4-2-1-3-5-14/h1-11,21H,12-13H2,(H,22,23). The molecule has 0 unspecified atom stereocenters. The monoisotopic (exact) mass is 436 g/mol. The molecule has 0 radical (unpaired) electrons. The van der Waals surface area contributed by atoms with Gasteiger partial charge in [0.1, 0.15) is 11.5 Å². The molecule has 3 aromatic rings. The first kappa shape index (κ1) is 20.7. The minimum atomic E-state index is -4.21. The Morgan fingerprint density at radius 2 is 1.52 bits per heavy atom. The van der Waals surface area contributed by atoms with Crippen molar-refractivity contribution in [3.63, 3.8) is 0 Å². The topological polar surface area (TPSA) is 113 Å².